The number of ketones is 1. The Morgan fingerprint density at radius 1 is 1.26 bits per heavy atom. The maximum Gasteiger partial charge on any atom is 0.319 e. The number of nitrogens with zero attached hydrogens (tertiary/aromatic N) is 1. The summed E-state index contributed by atoms with van der Waals surface area (Å²) >= 11 is 1.36. The minimum absolute atomic E-state index is 0.0747. The molecule has 5 nitrogen and oxygen atoms in total. The number of nitro benzene ring substituents is 1. The van der Waals surface area contributed by atoms with Crippen molar-refractivity contribution < 1.29 is 14.1 Å². The number of hydrogen-bond donors (Lipinski definition) is 0. The van der Waals surface area contributed by atoms with Gasteiger partial charge in [0.2, 0.25) is 0 Å². The topological polar surface area (TPSA) is 71.5 Å². The lowest BCUT2D eigenvalue weighted by Gasteiger charge is -2.00. The Labute approximate surface area is 113 Å². The monoisotopic (exact) mass is 276 g/mol. The number of hydrogen-bond acceptors (Lipinski definition) is 4. The molecule has 1 aromatic carbocycles. The zero-order chi connectivity index (χ0) is 13.7. The van der Waals surface area contributed by atoms with Gasteiger partial charge in [-0.15, -0.1) is 11.8 Å². The molecule has 2 aromatic rings. The van der Waals surface area contributed by atoms with Crippen LogP contribution in [0.3, 0.4) is 0 Å². The molecule has 19 heavy (non-hydrogen) atoms. The molecule has 0 radical (unpaired) electrons. The maximum absolute atomic E-state index is 11.9. The summed E-state index contributed by atoms with van der Waals surface area (Å²) in [6.45, 7) is 0. The molecule has 0 atom stereocenters. The SMILES string of the molecule is O=C(CSc1cc[o+]cc1)c1cccc([N+](=O)[O-])c1. The van der Waals surface area contributed by atoms with Crippen LogP contribution in [0.15, 0.2) is 58.2 Å². The van der Waals surface area contributed by atoms with Crippen molar-refractivity contribution in [3.63, 3.8) is 0 Å². The largest absolute Gasteiger partial charge is 0.319 e. The summed E-state index contributed by atoms with van der Waals surface area (Å²) in [6, 6.07) is 9.26. The van der Waals surface area contributed by atoms with E-state index >= 15 is 0 Å². The smallest absolute Gasteiger partial charge is 0.293 e. The lowest BCUT2D eigenvalue weighted by atomic mass is 10.1. The quantitative estimate of drug-likeness (QED) is 0.275. The third-order valence-corrected chi connectivity index (χ3v) is 3.38. The van der Waals surface area contributed by atoms with Crippen LogP contribution in [0.4, 0.5) is 5.69 Å². The third kappa shape index (κ3) is 3.62. The minimum atomic E-state index is -0.511. The molecular weight excluding hydrogens is 266 g/mol. The van der Waals surface area contributed by atoms with Gasteiger partial charge in [-0.05, 0) is 0 Å². The van der Waals surface area contributed by atoms with Crippen molar-refractivity contribution in [1.82, 2.24) is 0 Å². The Morgan fingerprint density at radius 3 is 2.68 bits per heavy atom. The zero-order valence-electron chi connectivity index (χ0n) is 9.81. The van der Waals surface area contributed by atoms with Crippen molar-refractivity contribution in [3.05, 3.63) is 64.6 Å². The molecule has 0 saturated heterocycles. The molecule has 96 valence electrons. The first-order valence-electron chi connectivity index (χ1n) is 5.43. The normalized spacial score (nSPS) is 10.1. The van der Waals surface area contributed by atoms with Crippen molar-refractivity contribution >= 4 is 23.2 Å². The molecule has 0 aliphatic carbocycles. The highest BCUT2D eigenvalue weighted by molar-refractivity contribution is 8.00. The van der Waals surface area contributed by atoms with Gasteiger partial charge in [0.25, 0.3) is 5.69 Å². The van der Waals surface area contributed by atoms with Gasteiger partial charge in [-0.3, -0.25) is 14.9 Å². The molecule has 0 unspecified atom stereocenters. The summed E-state index contributed by atoms with van der Waals surface area (Å²) in [5, 5.41) is 10.6. The lowest BCUT2D eigenvalue weighted by molar-refractivity contribution is -0.384. The molecular formula is C13H10NO4S+. The maximum atomic E-state index is 11.9. The third-order valence-electron chi connectivity index (χ3n) is 2.37. The van der Waals surface area contributed by atoms with Crippen LogP contribution >= 0.6 is 11.8 Å². The van der Waals surface area contributed by atoms with Crippen molar-refractivity contribution in [2.45, 2.75) is 4.90 Å². The number of Topliss-reactive ketones (excluding diaryl/α,β-unsaturated/α-hetero) is 1. The highest BCUT2D eigenvalue weighted by atomic mass is 32.2. The molecule has 0 N–H and O–H groups in total. The van der Waals surface area contributed by atoms with Crippen LogP contribution in [0.5, 0.6) is 0 Å². The molecule has 6 heteroatoms. The zero-order valence-corrected chi connectivity index (χ0v) is 10.6. The number of nitro groups is 1. The fourth-order valence-electron chi connectivity index (χ4n) is 1.43. The van der Waals surface area contributed by atoms with E-state index in [0.29, 0.717) is 5.56 Å². The molecule has 1 aromatic heterocycles. The van der Waals surface area contributed by atoms with Gasteiger partial charge in [0.15, 0.2) is 5.78 Å². The molecule has 2 rings (SSSR count). The van der Waals surface area contributed by atoms with Gasteiger partial charge in [0, 0.05) is 34.7 Å². The molecule has 0 saturated carbocycles. The number of carbonyl (C=O) groups excluding carboxylic acids is 1. The molecule has 0 amide bonds. The lowest BCUT2D eigenvalue weighted by Crippen LogP contribution is -2.03. The molecule has 0 aliphatic heterocycles. The standard InChI is InChI=1S/C13H10NO4S/c15-13(9-19-12-4-6-18-7-5-12)10-2-1-3-11(8-10)14(16)17/h1-8H,9H2/q+1. The van der Waals surface area contributed by atoms with E-state index < -0.39 is 4.92 Å². The van der Waals surface area contributed by atoms with Crippen molar-refractivity contribution in [2.24, 2.45) is 0 Å². The second-order valence-corrected chi connectivity index (χ2v) is 4.71. The van der Waals surface area contributed by atoms with Crippen LogP contribution in [0.1, 0.15) is 10.4 Å². The summed E-state index contributed by atoms with van der Waals surface area (Å²) in [6.07, 6.45) is 3.06. The van der Waals surface area contributed by atoms with E-state index in [1.165, 1.54) is 42.5 Å². The predicted molar refractivity (Wildman–Crippen MR) is 71.3 cm³/mol. The van der Waals surface area contributed by atoms with Gasteiger partial charge < -0.3 is 0 Å². The van der Waals surface area contributed by atoms with E-state index in [1.54, 1.807) is 18.2 Å². The first kappa shape index (κ1) is 13.2. The van der Waals surface area contributed by atoms with Crippen LogP contribution in [0.2, 0.25) is 0 Å². The van der Waals surface area contributed by atoms with Crippen LogP contribution < -0.4 is 0 Å². The number of benzene rings is 1. The Morgan fingerprint density at radius 2 is 2.00 bits per heavy atom. The summed E-state index contributed by atoms with van der Waals surface area (Å²) in [5.41, 5.74) is 0.275. The predicted octanol–water partition coefficient (Wildman–Crippen LogP) is 3.44. The highest BCUT2D eigenvalue weighted by Gasteiger charge is 2.12. The van der Waals surface area contributed by atoms with Gasteiger partial charge >= 0.3 is 12.5 Å². The summed E-state index contributed by atoms with van der Waals surface area (Å²) in [7, 11) is 0. The molecule has 0 aliphatic rings. The Bertz CT molecular complexity index is 601. The first-order chi connectivity index (χ1) is 9.16. The second kappa shape index (κ2) is 6.10. The van der Waals surface area contributed by atoms with E-state index in [9.17, 15) is 14.9 Å². The number of carbonyl (C=O) groups is 1. The average Bonchev–Trinajstić information content (AvgIpc) is 2.46. The van der Waals surface area contributed by atoms with Gasteiger partial charge in [-0.25, -0.2) is 4.42 Å². The summed E-state index contributed by atoms with van der Waals surface area (Å²) in [4.78, 5) is 23.0. The Hall–Kier alpha value is -2.21. The van der Waals surface area contributed by atoms with Gasteiger partial charge in [-0.2, -0.15) is 0 Å². The summed E-state index contributed by atoms with van der Waals surface area (Å²) in [5.74, 6) is 0.0834. The summed E-state index contributed by atoms with van der Waals surface area (Å²) < 4.78 is 4.88. The van der Waals surface area contributed by atoms with Gasteiger partial charge in [-0.1, -0.05) is 12.1 Å². The van der Waals surface area contributed by atoms with Crippen LogP contribution in [0.25, 0.3) is 0 Å². The molecule has 0 fully saturated rings. The molecule has 0 spiro atoms. The Balaban J connectivity index is 2.04. The minimum Gasteiger partial charge on any atom is -0.293 e. The number of thioether (sulfide) groups is 1. The van der Waals surface area contributed by atoms with Crippen molar-refractivity contribution in [1.29, 1.82) is 0 Å². The van der Waals surface area contributed by atoms with E-state index in [2.05, 4.69) is 0 Å². The Kier molecular flexibility index (Phi) is 4.25. The molecule has 1 heterocycles. The van der Waals surface area contributed by atoms with E-state index in [-0.39, 0.29) is 17.2 Å². The van der Waals surface area contributed by atoms with E-state index in [0.717, 1.165) is 4.90 Å². The highest BCUT2D eigenvalue weighted by Crippen LogP contribution is 2.20. The van der Waals surface area contributed by atoms with Gasteiger partial charge in [0.1, 0.15) is 0 Å². The van der Waals surface area contributed by atoms with Crippen LogP contribution in [-0.4, -0.2) is 16.5 Å². The van der Waals surface area contributed by atoms with E-state index in [4.69, 9.17) is 4.42 Å². The van der Waals surface area contributed by atoms with Crippen molar-refractivity contribution in [2.75, 3.05) is 5.75 Å². The number of rotatable bonds is 5. The van der Waals surface area contributed by atoms with Crippen molar-refractivity contribution in [3.8, 4) is 0 Å². The van der Waals surface area contributed by atoms with Gasteiger partial charge in [0.05, 0.1) is 10.7 Å². The fraction of sp³-hybridized carbons (Fsp3) is 0.0769. The first-order valence-corrected chi connectivity index (χ1v) is 6.41. The number of non-ortho nitro benzene ring substituents is 1. The fourth-order valence-corrected chi connectivity index (χ4v) is 2.20. The van der Waals surface area contributed by atoms with Crippen LogP contribution in [0, 0.1) is 10.1 Å². The average molecular weight is 276 g/mol. The van der Waals surface area contributed by atoms with Crippen LogP contribution in [-0.2, 0) is 0 Å². The van der Waals surface area contributed by atoms with E-state index in [1.807, 2.05) is 0 Å². The second-order valence-electron chi connectivity index (χ2n) is 3.66. The molecule has 0 bridgehead atoms.